The van der Waals surface area contributed by atoms with Gasteiger partial charge in [0.25, 0.3) is 5.56 Å². The van der Waals surface area contributed by atoms with E-state index in [1.807, 2.05) is 44.2 Å². The van der Waals surface area contributed by atoms with E-state index < -0.39 is 0 Å². The number of thiocarbonyl (C=S) groups is 1. The lowest BCUT2D eigenvalue weighted by Crippen LogP contribution is -2.30. The molecular formula is C15H16N2OS. The molecule has 2 rings (SSSR count). The van der Waals surface area contributed by atoms with Crippen molar-refractivity contribution in [1.29, 1.82) is 0 Å². The number of benzene rings is 1. The second-order valence-corrected chi connectivity index (χ2v) is 5.01. The minimum Gasteiger partial charge on any atom is -0.389 e. The van der Waals surface area contributed by atoms with Crippen LogP contribution >= 0.6 is 12.2 Å². The molecule has 1 aromatic heterocycles. The molecular weight excluding hydrogens is 256 g/mol. The quantitative estimate of drug-likeness (QED) is 0.871. The van der Waals surface area contributed by atoms with Gasteiger partial charge in [-0.15, -0.1) is 0 Å². The second kappa shape index (κ2) is 5.36. The summed E-state index contributed by atoms with van der Waals surface area (Å²) < 4.78 is 1.71. The van der Waals surface area contributed by atoms with Crippen LogP contribution in [0.1, 0.15) is 22.4 Å². The maximum atomic E-state index is 12.3. The van der Waals surface area contributed by atoms with Gasteiger partial charge in [0.1, 0.15) is 4.99 Å². The highest BCUT2D eigenvalue weighted by molar-refractivity contribution is 7.80. The van der Waals surface area contributed by atoms with Crippen molar-refractivity contribution in [2.45, 2.75) is 20.4 Å². The summed E-state index contributed by atoms with van der Waals surface area (Å²) in [6, 6.07) is 11.6. The Labute approximate surface area is 117 Å². The van der Waals surface area contributed by atoms with Crippen molar-refractivity contribution in [1.82, 2.24) is 4.57 Å². The third-order valence-corrected chi connectivity index (χ3v) is 3.47. The van der Waals surface area contributed by atoms with E-state index in [9.17, 15) is 4.79 Å². The first kappa shape index (κ1) is 13.5. The van der Waals surface area contributed by atoms with Gasteiger partial charge in [-0.05, 0) is 37.1 Å². The van der Waals surface area contributed by atoms with E-state index in [4.69, 9.17) is 18.0 Å². The number of pyridine rings is 1. The van der Waals surface area contributed by atoms with Gasteiger partial charge in [-0.3, -0.25) is 4.79 Å². The zero-order chi connectivity index (χ0) is 14.0. The van der Waals surface area contributed by atoms with Gasteiger partial charge in [-0.1, -0.05) is 36.5 Å². The Kier molecular flexibility index (Phi) is 3.81. The number of hydrogen-bond donors (Lipinski definition) is 1. The molecule has 2 aromatic rings. The highest BCUT2D eigenvalue weighted by atomic mass is 32.1. The fourth-order valence-electron chi connectivity index (χ4n) is 2.01. The van der Waals surface area contributed by atoms with Crippen LogP contribution in [-0.4, -0.2) is 9.56 Å². The van der Waals surface area contributed by atoms with Crippen LogP contribution < -0.4 is 11.3 Å². The Balaban J connectivity index is 2.52. The molecule has 98 valence electrons. The molecule has 0 saturated carbocycles. The van der Waals surface area contributed by atoms with E-state index in [0.29, 0.717) is 12.1 Å². The third-order valence-electron chi connectivity index (χ3n) is 3.25. The molecule has 0 amide bonds. The van der Waals surface area contributed by atoms with Crippen molar-refractivity contribution in [2.75, 3.05) is 0 Å². The Morgan fingerprint density at radius 3 is 2.53 bits per heavy atom. The highest BCUT2D eigenvalue weighted by Gasteiger charge is 2.09. The van der Waals surface area contributed by atoms with E-state index in [2.05, 4.69) is 0 Å². The largest absolute Gasteiger partial charge is 0.389 e. The summed E-state index contributed by atoms with van der Waals surface area (Å²) in [4.78, 5) is 12.5. The van der Waals surface area contributed by atoms with Crippen LogP contribution in [0.2, 0.25) is 0 Å². The number of aromatic nitrogens is 1. The SMILES string of the molecule is Cc1ccccc1Cn1c(C)ccc(C(N)=S)c1=O. The van der Waals surface area contributed by atoms with E-state index >= 15 is 0 Å². The van der Waals surface area contributed by atoms with Crippen molar-refractivity contribution in [3.63, 3.8) is 0 Å². The monoisotopic (exact) mass is 272 g/mol. The van der Waals surface area contributed by atoms with Crippen molar-refractivity contribution in [3.8, 4) is 0 Å². The minimum atomic E-state index is -0.129. The molecule has 0 saturated heterocycles. The Bertz CT molecular complexity index is 689. The summed E-state index contributed by atoms with van der Waals surface area (Å²) in [5.74, 6) is 0. The van der Waals surface area contributed by atoms with Gasteiger partial charge in [-0.25, -0.2) is 0 Å². The maximum absolute atomic E-state index is 12.3. The summed E-state index contributed by atoms with van der Waals surface area (Å²) in [5, 5.41) is 0. The lowest BCUT2D eigenvalue weighted by molar-refractivity contribution is 0.725. The molecule has 2 N–H and O–H groups in total. The minimum absolute atomic E-state index is 0.129. The zero-order valence-electron chi connectivity index (χ0n) is 11.0. The Morgan fingerprint density at radius 2 is 1.89 bits per heavy atom. The number of nitrogens with two attached hydrogens (primary N) is 1. The van der Waals surface area contributed by atoms with Crippen molar-refractivity contribution in [3.05, 3.63) is 69.1 Å². The smallest absolute Gasteiger partial charge is 0.261 e. The molecule has 1 heterocycles. The van der Waals surface area contributed by atoms with Gasteiger partial charge >= 0.3 is 0 Å². The zero-order valence-corrected chi connectivity index (χ0v) is 11.8. The summed E-state index contributed by atoms with van der Waals surface area (Å²) in [5.41, 5.74) is 9.02. The lowest BCUT2D eigenvalue weighted by atomic mass is 10.1. The number of aryl methyl sites for hydroxylation is 2. The standard InChI is InChI=1S/C15H16N2OS/c1-10-5-3-4-6-12(10)9-17-11(2)7-8-13(14(16)19)15(17)18/h3-8H,9H2,1-2H3,(H2,16,19). The number of hydrogen-bond acceptors (Lipinski definition) is 2. The second-order valence-electron chi connectivity index (χ2n) is 4.57. The van der Waals surface area contributed by atoms with Crippen molar-refractivity contribution >= 4 is 17.2 Å². The van der Waals surface area contributed by atoms with E-state index in [1.54, 1.807) is 10.6 Å². The molecule has 0 radical (unpaired) electrons. The molecule has 0 bridgehead atoms. The highest BCUT2D eigenvalue weighted by Crippen LogP contribution is 2.10. The summed E-state index contributed by atoms with van der Waals surface area (Å²) in [6.45, 7) is 4.48. The van der Waals surface area contributed by atoms with Crippen LogP contribution in [0, 0.1) is 13.8 Å². The van der Waals surface area contributed by atoms with Crippen LogP contribution in [0.4, 0.5) is 0 Å². The molecule has 0 aliphatic carbocycles. The molecule has 3 nitrogen and oxygen atoms in total. The van der Waals surface area contributed by atoms with Gasteiger partial charge in [0.05, 0.1) is 12.1 Å². The van der Waals surface area contributed by atoms with Crippen LogP contribution in [0.3, 0.4) is 0 Å². The normalized spacial score (nSPS) is 10.4. The molecule has 0 aliphatic rings. The Hall–Kier alpha value is -1.94. The van der Waals surface area contributed by atoms with Crippen LogP contribution in [-0.2, 0) is 6.54 Å². The maximum Gasteiger partial charge on any atom is 0.261 e. The molecule has 0 fully saturated rings. The Morgan fingerprint density at radius 1 is 1.21 bits per heavy atom. The van der Waals surface area contributed by atoms with Crippen LogP contribution in [0.15, 0.2) is 41.2 Å². The van der Waals surface area contributed by atoms with Crippen molar-refractivity contribution < 1.29 is 0 Å². The summed E-state index contributed by atoms with van der Waals surface area (Å²) >= 11 is 4.91. The summed E-state index contributed by atoms with van der Waals surface area (Å²) in [7, 11) is 0. The average molecular weight is 272 g/mol. The molecule has 0 aliphatic heterocycles. The predicted octanol–water partition coefficient (Wildman–Crippen LogP) is 2.15. The van der Waals surface area contributed by atoms with E-state index in [-0.39, 0.29) is 10.5 Å². The molecule has 0 atom stereocenters. The van der Waals surface area contributed by atoms with Gasteiger partial charge < -0.3 is 10.3 Å². The fourth-order valence-corrected chi connectivity index (χ4v) is 2.17. The first-order valence-corrected chi connectivity index (χ1v) is 6.46. The van der Waals surface area contributed by atoms with Gasteiger partial charge in [0, 0.05) is 5.69 Å². The average Bonchev–Trinajstić information content (AvgIpc) is 2.36. The fraction of sp³-hybridized carbons (Fsp3) is 0.200. The molecule has 0 spiro atoms. The first-order valence-electron chi connectivity index (χ1n) is 6.05. The molecule has 1 aromatic carbocycles. The molecule has 19 heavy (non-hydrogen) atoms. The van der Waals surface area contributed by atoms with Crippen molar-refractivity contribution in [2.24, 2.45) is 5.73 Å². The van der Waals surface area contributed by atoms with Crippen LogP contribution in [0.5, 0.6) is 0 Å². The van der Waals surface area contributed by atoms with Gasteiger partial charge in [0.2, 0.25) is 0 Å². The first-order chi connectivity index (χ1) is 9.00. The van der Waals surface area contributed by atoms with Gasteiger partial charge in [0.15, 0.2) is 0 Å². The number of rotatable bonds is 3. The molecule has 4 heteroatoms. The van der Waals surface area contributed by atoms with Crippen LogP contribution in [0.25, 0.3) is 0 Å². The lowest BCUT2D eigenvalue weighted by Gasteiger charge is -2.13. The number of nitrogens with zero attached hydrogens (tertiary/aromatic N) is 1. The van der Waals surface area contributed by atoms with Gasteiger partial charge in [-0.2, -0.15) is 0 Å². The predicted molar refractivity (Wildman–Crippen MR) is 81.6 cm³/mol. The van der Waals surface area contributed by atoms with E-state index in [0.717, 1.165) is 16.8 Å². The summed E-state index contributed by atoms with van der Waals surface area (Å²) in [6.07, 6.45) is 0. The van der Waals surface area contributed by atoms with E-state index in [1.165, 1.54) is 0 Å². The topological polar surface area (TPSA) is 48.0 Å². The molecule has 0 unspecified atom stereocenters. The third kappa shape index (κ3) is 2.74.